The summed E-state index contributed by atoms with van der Waals surface area (Å²) in [7, 11) is 0. The van der Waals surface area contributed by atoms with Crippen molar-refractivity contribution in [1.82, 2.24) is 5.32 Å². The van der Waals surface area contributed by atoms with E-state index in [0.717, 1.165) is 24.7 Å². The number of hydrogen-bond acceptors (Lipinski definition) is 2. The van der Waals surface area contributed by atoms with Crippen LogP contribution in [-0.4, -0.2) is 18.0 Å². The molecule has 2 nitrogen and oxygen atoms in total. The number of thioether (sulfide) groups is 1. The minimum atomic E-state index is 0.743. The molecule has 0 fully saturated rings. The van der Waals surface area contributed by atoms with Crippen molar-refractivity contribution in [2.45, 2.75) is 25.8 Å². The van der Waals surface area contributed by atoms with Gasteiger partial charge in [0.15, 0.2) is 5.17 Å². The molecule has 0 aromatic heterocycles. The van der Waals surface area contributed by atoms with E-state index in [1.54, 1.807) is 11.8 Å². The fraction of sp³-hybridized carbons (Fsp3) is 0.353. The van der Waals surface area contributed by atoms with Crippen molar-refractivity contribution in [3.63, 3.8) is 0 Å². The largest absolute Gasteiger partial charge is 0.365 e. The third-order valence-corrected chi connectivity index (χ3v) is 3.86. The Morgan fingerprint density at radius 2 is 2.10 bits per heavy atom. The normalized spacial score (nSPS) is 15.1. The average Bonchev–Trinajstić information content (AvgIpc) is 2.52. The van der Waals surface area contributed by atoms with Gasteiger partial charge in [0.05, 0.1) is 6.54 Å². The number of benzene rings is 1. The second kappa shape index (κ2) is 8.64. The second-order valence-electron chi connectivity index (χ2n) is 4.75. The molecule has 1 aliphatic rings. The van der Waals surface area contributed by atoms with Crippen molar-refractivity contribution >= 4 is 16.9 Å². The molecule has 0 spiro atoms. The Morgan fingerprint density at radius 3 is 2.80 bits per heavy atom. The van der Waals surface area contributed by atoms with Crippen LogP contribution in [0.2, 0.25) is 0 Å². The van der Waals surface area contributed by atoms with E-state index in [0.29, 0.717) is 0 Å². The molecule has 0 atom stereocenters. The minimum Gasteiger partial charge on any atom is -0.365 e. The van der Waals surface area contributed by atoms with Gasteiger partial charge in [-0.25, -0.2) is 0 Å². The zero-order valence-electron chi connectivity index (χ0n) is 12.0. The van der Waals surface area contributed by atoms with E-state index in [-0.39, 0.29) is 0 Å². The monoisotopic (exact) mass is 286 g/mol. The fourth-order valence-corrected chi connectivity index (χ4v) is 2.55. The highest BCUT2D eigenvalue weighted by atomic mass is 32.2. The minimum absolute atomic E-state index is 0.743. The average molecular weight is 286 g/mol. The molecular formula is C17H22N2S. The number of nitrogens with zero attached hydrogens (tertiary/aromatic N) is 1. The van der Waals surface area contributed by atoms with E-state index < -0.39 is 0 Å². The lowest BCUT2D eigenvalue weighted by molar-refractivity contribution is 0.854. The number of amidine groups is 1. The molecule has 1 aromatic carbocycles. The van der Waals surface area contributed by atoms with Crippen LogP contribution in [-0.2, 0) is 6.54 Å². The van der Waals surface area contributed by atoms with Crippen molar-refractivity contribution in [2.24, 2.45) is 4.99 Å². The standard InChI is InChI=1S/C17H22N2S/c1-20-17(19-14-16-10-6-3-7-11-16)18-13-12-15-8-4-2-5-9-15/h3-4,6-11H,2,5,12-14H2,1H3,(H,18,19). The molecule has 20 heavy (non-hydrogen) atoms. The van der Waals surface area contributed by atoms with Crippen LogP contribution in [0.15, 0.2) is 59.1 Å². The van der Waals surface area contributed by atoms with Crippen molar-refractivity contribution in [1.29, 1.82) is 0 Å². The SMILES string of the molecule is CSC(=NCc1ccccc1)NCCC1=CCCC=C1. The van der Waals surface area contributed by atoms with Gasteiger partial charge in [-0.1, -0.05) is 65.9 Å². The first-order chi connectivity index (χ1) is 9.88. The first-order valence-corrected chi connectivity index (χ1v) is 8.33. The van der Waals surface area contributed by atoms with Gasteiger partial charge in [0.1, 0.15) is 0 Å². The fourth-order valence-electron chi connectivity index (χ4n) is 2.11. The summed E-state index contributed by atoms with van der Waals surface area (Å²) in [5, 5.41) is 4.45. The zero-order valence-corrected chi connectivity index (χ0v) is 12.8. The quantitative estimate of drug-likeness (QED) is 0.649. The summed E-state index contributed by atoms with van der Waals surface area (Å²) in [5.41, 5.74) is 2.69. The molecule has 0 amide bonds. The van der Waals surface area contributed by atoms with Crippen LogP contribution in [0.5, 0.6) is 0 Å². The predicted molar refractivity (Wildman–Crippen MR) is 90.2 cm³/mol. The van der Waals surface area contributed by atoms with Crippen molar-refractivity contribution < 1.29 is 0 Å². The van der Waals surface area contributed by atoms with Gasteiger partial charge in [0, 0.05) is 6.54 Å². The summed E-state index contributed by atoms with van der Waals surface area (Å²) in [6.45, 7) is 1.69. The number of nitrogens with one attached hydrogen (secondary N) is 1. The highest BCUT2D eigenvalue weighted by Gasteiger charge is 2.00. The Bertz CT molecular complexity index is 489. The van der Waals surface area contributed by atoms with Gasteiger partial charge in [-0.15, -0.1) is 0 Å². The van der Waals surface area contributed by atoms with Crippen molar-refractivity contribution in [2.75, 3.05) is 12.8 Å². The molecule has 3 heteroatoms. The van der Waals surface area contributed by atoms with Crippen LogP contribution in [0.1, 0.15) is 24.8 Å². The molecule has 0 aliphatic heterocycles. The molecule has 0 saturated carbocycles. The van der Waals surface area contributed by atoms with Crippen LogP contribution in [0.4, 0.5) is 0 Å². The lowest BCUT2D eigenvalue weighted by Crippen LogP contribution is -2.22. The Kier molecular flexibility index (Phi) is 6.45. The lowest BCUT2D eigenvalue weighted by Gasteiger charge is -2.10. The van der Waals surface area contributed by atoms with Gasteiger partial charge in [-0.05, 0) is 31.1 Å². The lowest BCUT2D eigenvalue weighted by atomic mass is 10.0. The molecular weight excluding hydrogens is 264 g/mol. The topological polar surface area (TPSA) is 24.4 Å². The number of aliphatic imine (C=N–C) groups is 1. The van der Waals surface area contributed by atoms with Gasteiger partial charge in [0.25, 0.3) is 0 Å². The first-order valence-electron chi connectivity index (χ1n) is 7.10. The summed E-state index contributed by atoms with van der Waals surface area (Å²) in [4.78, 5) is 4.63. The van der Waals surface area contributed by atoms with E-state index >= 15 is 0 Å². The Balaban J connectivity index is 1.77. The van der Waals surface area contributed by atoms with E-state index in [1.807, 2.05) is 6.07 Å². The molecule has 0 heterocycles. The molecule has 1 N–H and O–H groups in total. The smallest absolute Gasteiger partial charge is 0.156 e. The van der Waals surface area contributed by atoms with Crippen LogP contribution < -0.4 is 5.32 Å². The van der Waals surface area contributed by atoms with Crippen LogP contribution in [0.3, 0.4) is 0 Å². The van der Waals surface area contributed by atoms with E-state index in [1.165, 1.54) is 24.0 Å². The maximum atomic E-state index is 4.63. The van der Waals surface area contributed by atoms with Gasteiger partial charge in [-0.3, -0.25) is 4.99 Å². The van der Waals surface area contributed by atoms with Crippen molar-refractivity contribution in [3.05, 3.63) is 59.7 Å². The molecule has 0 radical (unpaired) electrons. The summed E-state index contributed by atoms with van der Waals surface area (Å²) in [5.74, 6) is 0. The van der Waals surface area contributed by atoms with Gasteiger partial charge < -0.3 is 5.32 Å². The number of hydrogen-bond donors (Lipinski definition) is 1. The zero-order chi connectivity index (χ0) is 14.0. The summed E-state index contributed by atoms with van der Waals surface area (Å²) in [6.07, 6.45) is 12.3. The van der Waals surface area contributed by atoms with Crippen molar-refractivity contribution in [3.8, 4) is 0 Å². The molecule has 0 bridgehead atoms. The number of allylic oxidation sites excluding steroid dienone is 3. The number of rotatable bonds is 5. The van der Waals surface area contributed by atoms with Gasteiger partial charge in [0.2, 0.25) is 0 Å². The first kappa shape index (κ1) is 14.9. The van der Waals surface area contributed by atoms with E-state index in [4.69, 9.17) is 0 Å². The third-order valence-electron chi connectivity index (χ3n) is 3.20. The van der Waals surface area contributed by atoms with Gasteiger partial charge >= 0.3 is 0 Å². The summed E-state index contributed by atoms with van der Waals surface area (Å²) in [6, 6.07) is 10.4. The maximum absolute atomic E-state index is 4.63. The highest BCUT2D eigenvalue weighted by Crippen LogP contribution is 2.12. The maximum Gasteiger partial charge on any atom is 0.156 e. The Labute approximate surface area is 126 Å². The summed E-state index contributed by atoms with van der Waals surface area (Å²) >= 11 is 1.68. The van der Waals surface area contributed by atoms with E-state index in [2.05, 4.69) is 59.1 Å². The molecule has 1 aliphatic carbocycles. The molecule has 0 saturated heterocycles. The second-order valence-corrected chi connectivity index (χ2v) is 5.54. The summed E-state index contributed by atoms with van der Waals surface area (Å²) < 4.78 is 0. The van der Waals surface area contributed by atoms with E-state index in [9.17, 15) is 0 Å². The Morgan fingerprint density at radius 1 is 1.25 bits per heavy atom. The predicted octanol–water partition coefficient (Wildman–Crippen LogP) is 4.16. The highest BCUT2D eigenvalue weighted by molar-refractivity contribution is 8.13. The molecule has 0 unspecified atom stereocenters. The van der Waals surface area contributed by atoms with Gasteiger partial charge in [-0.2, -0.15) is 0 Å². The third kappa shape index (κ3) is 5.25. The van der Waals surface area contributed by atoms with Crippen LogP contribution >= 0.6 is 11.8 Å². The molecule has 1 aromatic rings. The van der Waals surface area contributed by atoms with Crippen LogP contribution in [0.25, 0.3) is 0 Å². The molecule has 2 rings (SSSR count). The molecule has 106 valence electrons. The Hall–Kier alpha value is -1.48. The van der Waals surface area contributed by atoms with Crippen LogP contribution in [0, 0.1) is 0 Å².